The van der Waals surface area contributed by atoms with Crippen LogP contribution in [0, 0.1) is 0 Å². The number of unbranched alkanes of at least 4 members (excludes halogenated alkanes) is 3. The van der Waals surface area contributed by atoms with E-state index in [0.29, 0.717) is 28.0 Å². The first kappa shape index (κ1) is 21.5. The van der Waals surface area contributed by atoms with Crippen molar-refractivity contribution in [3.63, 3.8) is 0 Å². The van der Waals surface area contributed by atoms with E-state index in [1.54, 1.807) is 42.6 Å². The van der Waals surface area contributed by atoms with Crippen molar-refractivity contribution in [2.75, 3.05) is 6.26 Å². The van der Waals surface area contributed by atoms with Gasteiger partial charge in [0.2, 0.25) is 0 Å². The van der Waals surface area contributed by atoms with Crippen LogP contribution in [0.3, 0.4) is 0 Å². The van der Waals surface area contributed by atoms with Crippen LogP contribution in [0.2, 0.25) is 5.02 Å². The van der Waals surface area contributed by atoms with Crippen LogP contribution in [0.4, 0.5) is 0 Å². The molecule has 2 aromatic heterocycles. The molecule has 0 saturated heterocycles. The summed E-state index contributed by atoms with van der Waals surface area (Å²) < 4.78 is 25.2. The molecular formula is C21H25ClN4O2S. The summed E-state index contributed by atoms with van der Waals surface area (Å²) in [4.78, 5) is 9.40. The third kappa shape index (κ3) is 5.87. The topological polar surface area (TPSA) is 77.7 Å². The molecule has 0 fully saturated rings. The standard InChI is InChI=1S/C21H25ClN4O2S/c1-3-4-5-6-7-20-24-21(19-14-17(22)12-13-23-19)26(25-20)15-16-8-10-18(11-9-16)29(2,27)28/h8-14H,3-7,15H2,1-2H3. The zero-order valence-corrected chi connectivity index (χ0v) is 18.2. The molecule has 2 heterocycles. The second-order valence-electron chi connectivity index (χ2n) is 7.10. The number of hydrogen-bond donors (Lipinski definition) is 0. The lowest BCUT2D eigenvalue weighted by atomic mass is 10.1. The highest BCUT2D eigenvalue weighted by Gasteiger charge is 2.15. The van der Waals surface area contributed by atoms with Crippen LogP contribution in [0.15, 0.2) is 47.5 Å². The number of sulfone groups is 1. The van der Waals surface area contributed by atoms with E-state index in [-0.39, 0.29) is 0 Å². The average Bonchev–Trinajstić information content (AvgIpc) is 3.07. The largest absolute Gasteiger partial charge is 0.253 e. The lowest BCUT2D eigenvalue weighted by molar-refractivity contribution is 0.601. The van der Waals surface area contributed by atoms with E-state index in [2.05, 4.69) is 17.0 Å². The molecule has 0 aliphatic rings. The van der Waals surface area contributed by atoms with Crippen LogP contribution >= 0.6 is 11.6 Å². The second kappa shape index (κ2) is 9.50. The fourth-order valence-electron chi connectivity index (χ4n) is 3.05. The molecular weight excluding hydrogens is 408 g/mol. The van der Waals surface area contributed by atoms with Gasteiger partial charge < -0.3 is 0 Å². The fourth-order valence-corrected chi connectivity index (χ4v) is 3.84. The molecule has 0 amide bonds. The Bertz CT molecular complexity index is 1060. The van der Waals surface area contributed by atoms with E-state index >= 15 is 0 Å². The summed E-state index contributed by atoms with van der Waals surface area (Å²) in [7, 11) is -3.22. The Balaban J connectivity index is 1.88. The molecule has 0 N–H and O–H groups in total. The number of aromatic nitrogens is 4. The van der Waals surface area contributed by atoms with Gasteiger partial charge in [0.05, 0.1) is 11.4 Å². The van der Waals surface area contributed by atoms with Gasteiger partial charge in [0.25, 0.3) is 0 Å². The van der Waals surface area contributed by atoms with Gasteiger partial charge in [-0.2, -0.15) is 5.10 Å². The lowest BCUT2D eigenvalue weighted by Gasteiger charge is -2.07. The summed E-state index contributed by atoms with van der Waals surface area (Å²) in [5, 5.41) is 5.27. The highest BCUT2D eigenvalue weighted by molar-refractivity contribution is 7.90. The van der Waals surface area contributed by atoms with Gasteiger partial charge in [-0.25, -0.2) is 18.1 Å². The van der Waals surface area contributed by atoms with E-state index < -0.39 is 9.84 Å². The number of pyridine rings is 1. The maximum atomic E-state index is 11.7. The Morgan fingerprint density at radius 1 is 1.07 bits per heavy atom. The van der Waals surface area contributed by atoms with Crippen molar-refractivity contribution in [1.82, 2.24) is 19.7 Å². The molecule has 6 nitrogen and oxygen atoms in total. The van der Waals surface area contributed by atoms with Crippen molar-refractivity contribution in [2.45, 2.75) is 50.5 Å². The number of nitrogens with zero attached hydrogens (tertiary/aromatic N) is 4. The van der Waals surface area contributed by atoms with E-state index in [9.17, 15) is 8.42 Å². The highest BCUT2D eigenvalue weighted by atomic mass is 35.5. The van der Waals surface area contributed by atoms with Crippen molar-refractivity contribution in [3.05, 3.63) is 59.0 Å². The van der Waals surface area contributed by atoms with Crippen LogP contribution in [0.1, 0.15) is 44.0 Å². The molecule has 8 heteroatoms. The second-order valence-corrected chi connectivity index (χ2v) is 9.55. The number of halogens is 1. The Hall–Kier alpha value is -2.25. The smallest absolute Gasteiger partial charge is 0.177 e. The van der Waals surface area contributed by atoms with Crippen LogP contribution < -0.4 is 0 Å². The van der Waals surface area contributed by atoms with Gasteiger partial charge in [0.15, 0.2) is 21.5 Å². The number of aryl methyl sites for hydroxylation is 1. The summed E-state index contributed by atoms with van der Waals surface area (Å²) in [6.45, 7) is 2.65. The van der Waals surface area contributed by atoms with E-state index in [4.69, 9.17) is 16.6 Å². The minimum atomic E-state index is -3.22. The summed E-state index contributed by atoms with van der Waals surface area (Å²) >= 11 is 6.14. The molecule has 0 aliphatic carbocycles. The minimum absolute atomic E-state index is 0.299. The maximum Gasteiger partial charge on any atom is 0.177 e. The summed E-state index contributed by atoms with van der Waals surface area (Å²) in [6, 6.07) is 10.3. The molecule has 0 bridgehead atoms. The molecule has 1 aromatic carbocycles. The molecule has 0 aliphatic heterocycles. The quantitative estimate of drug-likeness (QED) is 0.463. The summed E-state index contributed by atoms with van der Waals surface area (Å²) in [5.41, 5.74) is 1.60. The van der Waals surface area contributed by atoms with Crippen LogP contribution in [-0.4, -0.2) is 34.4 Å². The zero-order chi connectivity index (χ0) is 20.9. The number of benzene rings is 1. The summed E-state index contributed by atoms with van der Waals surface area (Å²) in [5.74, 6) is 1.44. The van der Waals surface area contributed by atoms with Gasteiger partial charge in [-0.3, -0.25) is 4.98 Å². The van der Waals surface area contributed by atoms with E-state index in [0.717, 1.165) is 30.7 Å². The van der Waals surface area contributed by atoms with Gasteiger partial charge in [-0.1, -0.05) is 49.9 Å². The monoisotopic (exact) mass is 432 g/mol. The molecule has 0 unspecified atom stereocenters. The molecule has 0 saturated carbocycles. The molecule has 0 radical (unpaired) electrons. The van der Waals surface area contributed by atoms with E-state index in [1.807, 2.05) is 4.68 Å². The Morgan fingerprint density at radius 2 is 1.83 bits per heavy atom. The molecule has 0 spiro atoms. The normalized spacial score (nSPS) is 11.7. The van der Waals surface area contributed by atoms with E-state index in [1.165, 1.54) is 19.1 Å². The lowest BCUT2D eigenvalue weighted by Crippen LogP contribution is -2.06. The first-order valence-electron chi connectivity index (χ1n) is 9.71. The number of rotatable bonds is 9. The van der Waals surface area contributed by atoms with Crippen LogP contribution in [0.5, 0.6) is 0 Å². The maximum absolute atomic E-state index is 11.7. The Labute approximate surface area is 176 Å². The van der Waals surface area contributed by atoms with Crippen molar-refractivity contribution < 1.29 is 8.42 Å². The minimum Gasteiger partial charge on any atom is -0.253 e. The molecule has 3 aromatic rings. The van der Waals surface area contributed by atoms with Gasteiger partial charge in [-0.05, 0) is 36.2 Å². The van der Waals surface area contributed by atoms with Crippen LogP contribution in [0.25, 0.3) is 11.5 Å². The van der Waals surface area contributed by atoms with Gasteiger partial charge in [0, 0.05) is 23.9 Å². The molecule has 3 rings (SSSR count). The highest BCUT2D eigenvalue weighted by Crippen LogP contribution is 2.21. The first-order valence-corrected chi connectivity index (χ1v) is 12.0. The number of hydrogen-bond acceptors (Lipinski definition) is 5. The predicted octanol–water partition coefficient (Wildman–Crippen LogP) is 4.57. The SMILES string of the molecule is CCCCCCc1nc(-c2cc(Cl)ccn2)n(Cc2ccc(S(C)(=O)=O)cc2)n1. The first-order chi connectivity index (χ1) is 13.9. The van der Waals surface area contributed by atoms with Gasteiger partial charge in [-0.15, -0.1) is 0 Å². The summed E-state index contributed by atoms with van der Waals surface area (Å²) in [6.07, 6.45) is 8.25. The zero-order valence-electron chi connectivity index (χ0n) is 16.7. The third-order valence-corrected chi connectivity index (χ3v) is 5.97. The Morgan fingerprint density at radius 3 is 2.48 bits per heavy atom. The Kier molecular flexibility index (Phi) is 7.03. The molecule has 0 atom stereocenters. The van der Waals surface area contributed by atoms with Crippen molar-refractivity contribution in [2.24, 2.45) is 0 Å². The van der Waals surface area contributed by atoms with Gasteiger partial charge in [0.1, 0.15) is 5.69 Å². The van der Waals surface area contributed by atoms with Crippen molar-refractivity contribution in [3.8, 4) is 11.5 Å². The molecule has 29 heavy (non-hydrogen) atoms. The van der Waals surface area contributed by atoms with Crippen molar-refractivity contribution >= 4 is 21.4 Å². The van der Waals surface area contributed by atoms with Crippen LogP contribution in [-0.2, 0) is 22.8 Å². The third-order valence-electron chi connectivity index (χ3n) is 4.60. The van der Waals surface area contributed by atoms with Crippen molar-refractivity contribution in [1.29, 1.82) is 0 Å². The van der Waals surface area contributed by atoms with Gasteiger partial charge >= 0.3 is 0 Å². The predicted molar refractivity (Wildman–Crippen MR) is 115 cm³/mol. The fraction of sp³-hybridized carbons (Fsp3) is 0.381. The molecule has 154 valence electrons. The average molecular weight is 433 g/mol.